The largest absolute Gasteiger partial charge is 0.326 e. The summed E-state index contributed by atoms with van der Waals surface area (Å²) in [6, 6.07) is 13.8. The third-order valence-electron chi connectivity index (χ3n) is 3.29. The summed E-state index contributed by atoms with van der Waals surface area (Å²) in [6.45, 7) is 4.05. The first-order valence-corrected chi connectivity index (χ1v) is 7.13. The molecular formula is C17H18ClNO. The molecule has 0 unspecified atom stereocenters. The highest BCUT2D eigenvalue weighted by atomic mass is 35.5. The molecule has 0 aliphatic heterocycles. The van der Waals surface area contributed by atoms with E-state index in [9.17, 15) is 4.79 Å². The summed E-state index contributed by atoms with van der Waals surface area (Å²) < 4.78 is 0. The Balaban J connectivity index is 2.11. The predicted octanol–water partition coefficient (Wildman–Crippen LogP) is 4.22. The molecule has 0 saturated carbocycles. The Hall–Kier alpha value is -1.80. The minimum absolute atomic E-state index is 0.0173. The molecule has 2 nitrogen and oxygen atoms in total. The van der Waals surface area contributed by atoms with Crippen LogP contribution in [-0.2, 0) is 17.1 Å². The molecule has 2 rings (SSSR count). The number of carbonyl (C=O) groups is 1. The molecule has 0 atom stereocenters. The van der Waals surface area contributed by atoms with Crippen LogP contribution in [0.15, 0.2) is 42.5 Å². The molecule has 0 aliphatic rings. The van der Waals surface area contributed by atoms with E-state index in [1.54, 1.807) is 0 Å². The standard InChI is InChI=1S/C17H18ClNO/c1-12-7-8-13(2)15(9-12)10-17(20)19-16-6-4-3-5-14(16)11-18/h3-9H,10-11H2,1-2H3,(H,19,20). The lowest BCUT2D eigenvalue weighted by molar-refractivity contribution is -0.115. The summed E-state index contributed by atoms with van der Waals surface area (Å²) in [6.07, 6.45) is 0.379. The first kappa shape index (κ1) is 14.6. The van der Waals surface area contributed by atoms with Crippen LogP contribution in [0.4, 0.5) is 5.69 Å². The van der Waals surface area contributed by atoms with Gasteiger partial charge in [0, 0.05) is 11.6 Å². The van der Waals surface area contributed by atoms with Crippen molar-refractivity contribution >= 4 is 23.2 Å². The smallest absolute Gasteiger partial charge is 0.228 e. The molecule has 3 heteroatoms. The van der Waals surface area contributed by atoms with Gasteiger partial charge in [0.1, 0.15) is 0 Å². The predicted molar refractivity (Wildman–Crippen MR) is 84.2 cm³/mol. The minimum Gasteiger partial charge on any atom is -0.326 e. The zero-order valence-corrected chi connectivity index (χ0v) is 12.5. The van der Waals surface area contributed by atoms with Gasteiger partial charge in [-0.3, -0.25) is 4.79 Å². The number of amides is 1. The number of aryl methyl sites for hydroxylation is 2. The molecule has 0 saturated heterocycles. The van der Waals surface area contributed by atoms with E-state index in [0.29, 0.717) is 12.3 Å². The van der Waals surface area contributed by atoms with Gasteiger partial charge >= 0.3 is 0 Å². The number of alkyl halides is 1. The van der Waals surface area contributed by atoms with Crippen molar-refractivity contribution in [2.24, 2.45) is 0 Å². The summed E-state index contributed by atoms with van der Waals surface area (Å²) >= 11 is 5.87. The minimum atomic E-state index is -0.0173. The fourth-order valence-corrected chi connectivity index (χ4v) is 2.35. The lowest BCUT2D eigenvalue weighted by Crippen LogP contribution is -2.16. The zero-order valence-electron chi connectivity index (χ0n) is 11.7. The average Bonchev–Trinajstić information content (AvgIpc) is 2.43. The molecule has 0 spiro atoms. The first-order chi connectivity index (χ1) is 9.60. The Bertz CT molecular complexity index is 622. The Kier molecular flexibility index (Phi) is 4.80. The number of nitrogens with one attached hydrogen (secondary N) is 1. The van der Waals surface area contributed by atoms with Crippen molar-refractivity contribution in [3.63, 3.8) is 0 Å². The van der Waals surface area contributed by atoms with Crippen LogP contribution in [0, 0.1) is 13.8 Å². The fraction of sp³-hybridized carbons (Fsp3) is 0.235. The van der Waals surface area contributed by atoms with E-state index in [-0.39, 0.29) is 5.91 Å². The highest BCUT2D eigenvalue weighted by Gasteiger charge is 2.08. The van der Waals surface area contributed by atoms with Crippen molar-refractivity contribution in [1.29, 1.82) is 0 Å². The molecular weight excluding hydrogens is 270 g/mol. The molecule has 0 bridgehead atoms. The van der Waals surface area contributed by atoms with Gasteiger partial charge in [-0.1, -0.05) is 42.0 Å². The van der Waals surface area contributed by atoms with Crippen LogP contribution in [0.5, 0.6) is 0 Å². The van der Waals surface area contributed by atoms with Crippen LogP contribution in [0.2, 0.25) is 0 Å². The number of anilines is 1. The van der Waals surface area contributed by atoms with Crippen LogP contribution in [0.1, 0.15) is 22.3 Å². The van der Waals surface area contributed by atoms with Gasteiger partial charge in [-0.05, 0) is 36.6 Å². The maximum atomic E-state index is 12.2. The van der Waals surface area contributed by atoms with Gasteiger partial charge in [-0.25, -0.2) is 0 Å². The van der Waals surface area contributed by atoms with E-state index in [1.165, 1.54) is 5.56 Å². The molecule has 104 valence electrons. The SMILES string of the molecule is Cc1ccc(C)c(CC(=O)Nc2ccccc2CCl)c1. The van der Waals surface area contributed by atoms with Gasteiger partial charge < -0.3 is 5.32 Å². The third kappa shape index (κ3) is 3.61. The molecule has 0 aliphatic carbocycles. The Morgan fingerprint density at radius 1 is 1.10 bits per heavy atom. The highest BCUT2D eigenvalue weighted by Crippen LogP contribution is 2.18. The number of halogens is 1. The molecule has 0 radical (unpaired) electrons. The normalized spacial score (nSPS) is 10.3. The number of rotatable bonds is 4. The summed E-state index contributed by atoms with van der Waals surface area (Å²) in [5.41, 5.74) is 5.09. The monoisotopic (exact) mass is 287 g/mol. The average molecular weight is 288 g/mol. The summed E-state index contributed by atoms with van der Waals surface area (Å²) in [5, 5.41) is 2.93. The fourth-order valence-electron chi connectivity index (χ4n) is 2.12. The lowest BCUT2D eigenvalue weighted by atomic mass is 10.0. The maximum Gasteiger partial charge on any atom is 0.228 e. The van der Waals surface area contributed by atoms with Crippen molar-refractivity contribution in [2.75, 3.05) is 5.32 Å². The zero-order chi connectivity index (χ0) is 14.5. The topological polar surface area (TPSA) is 29.1 Å². The van der Waals surface area contributed by atoms with Crippen molar-refractivity contribution in [2.45, 2.75) is 26.1 Å². The van der Waals surface area contributed by atoms with Crippen LogP contribution in [0.3, 0.4) is 0 Å². The molecule has 1 amide bonds. The van der Waals surface area contributed by atoms with Gasteiger partial charge in [0.25, 0.3) is 0 Å². The van der Waals surface area contributed by atoms with E-state index in [2.05, 4.69) is 17.4 Å². The van der Waals surface area contributed by atoms with Gasteiger partial charge in [0.2, 0.25) is 5.91 Å². The quantitative estimate of drug-likeness (QED) is 0.838. The van der Waals surface area contributed by atoms with Crippen molar-refractivity contribution in [1.82, 2.24) is 0 Å². The molecule has 2 aromatic rings. The molecule has 0 aromatic heterocycles. The second kappa shape index (κ2) is 6.58. The van der Waals surface area contributed by atoms with E-state index in [4.69, 9.17) is 11.6 Å². The number of hydrogen-bond acceptors (Lipinski definition) is 1. The van der Waals surface area contributed by atoms with E-state index in [1.807, 2.05) is 44.2 Å². The van der Waals surface area contributed by atoms with E-state index in [0.717, 1.165) is 22.4 Å². The molecule has 0 fully saturated rings. The maximum absolute atomic E-state index is 12.2. The van der Waals surface area contributed by atoms with Crippen molar-refractivity contribution in [3.8, 4) is 0 Å². The lowest BCUT2D eigenvalue weighted by Gasteiger charge is -2.10. The summed E-state index contributed by atoms with van der Waals surface area (Å²) in [5.74, 6) is 0.371. The number of carbonyl (C=O) groups excluding carboxylic acids is 1. The van der Waals surface area contributed by atoms with Crippen LogP contribution in [0.25, 0.3) is 0 Å². The summed E-state index contributed by atoms with van der Waals surface area (Å²) in [4.78, 5) is 12.2. The Morgan fingerprint density at radius 2 is 1.85 bits per heavy atom. The van der Waals surface area contributed by atoms with E-state index >= 15 is 0 Å². The number of hydrogen-bond donors (Lipinski definition) is 1. The summed E-state index contributed by atoms with van der Waals surface area (Å²) in [7, 11) is 0. The van der Waals surface area contributed by atoms with Crippen LogP contribution >= 0.6 is 11.6 Å². The van der Waals surface area contributed by atoms with Gasteiger partial charge in [-0.15, -0.1) is 11.6 Å². The molecule has 2 aromatic carbocycles. The van der Waals surface area contributed by atoms with Crippen molar-refractivity contribution < 1.29 is 4.79 Å². The third-order valence-corrected chi connectivity index (χ3v) is 3.58. The van der Waals surface area contributed by atoms with Gasteiger partial charge in [0.05, 0.1) is 6.42 Å². The molecule has 0 heterocycles. The molecule has 1 N–H and O–H groups in total. The Labute approximate surface area is 124 Å². The van der Waals surface area contributed by atoms with Gasteiger partial charge in [0.15, 0.2) is 0 Å². The van der Waals surface area contributed by atoms with Gasteiger partial charge in [-0.2, -0.15) is 0 Å². The van der Waals surface area contributed by atoms with E-state index < -0.39 is 0 Å². The Morgan fingerprint density at radius 3 is 2.60 bits per heavy atom. The van der Waals surface area contributed by atoms with Crippen LogP contribution < -0.4 is 5.32 Å². The first-order valence-electron chi connectivity index (χ1n) is 6.60. The molecule has 20 heavy (non-hydrogen) atoms. The number of benzene rings is 2. The second-order valence-electron chi connectivity index (χ2n) is 4.95. The van der Waals surface area contributed by atoms with Crippen LogP contribution in [-0.4, -0.2) is 5.91 Å². The number of para-hydroxylation sites is 1. The van der Waals surface area contributed by atoms with Crippen molar-refractivity contribution in [3.05, 3.63) is 64.7 Å². The second-order valence-corrected chi connectivity index (χ2v) is 5.21. The highest BCUT2D eigenvalue weighted by molar-refractivity contribution is 6.17.